The molecule has 33 heavy (non-hydrogen) atoms. The number of nitrogens with zero attached hydrogens (tertiary/aromatic N) is 1. The second-order valence-electron chi connectivity index (χ2n) is 12.1. The average Bonchev–Trinajstić information content (AvgIpc) is 2.74. The van der Waals surface area contributed by atoms with Crippen LogP contribution in [0.5, 0.6) is 0 Å². The van der Waals surface area contributed by atoms with Gasteiger partial charge in [-0.1, -0.05) is 20.8 Å². The van der Waals surface area contributed by atoms with Crippen molar-refractivity contribution in [3.63, 3.8) is 0 Å². The molecule has 2 aliphatic carbocycles. The minimum Gasteiger partial charge on any atom is -0.381 e. The number of sulfone groups is 1. The number of hydrogen-bond acceptors (Lipinski definition) is 5. The van der Waals surface area contributed by atoms with Crippen molar-refractivity contribution in [1.29, 1.82) is 0 Å². The molecule has 194 valence electrons. The number of aliphatic hydroxyl groups excluding tert-OH is 1. The fourth-order valence-electron chi connectivity index (χ4n) is 6.96. The lowest BCUT2D eigenvalue weighted by atomic mass is 9.63. The molecule has 5 atom stereocenters. The maximum atomic E-state index is 15.9. The molecule has 5 unspecified atom stereocenters. The van der Waals surface area contributed by atoms with E-state index in [1.165, 1.54) is 0 Å². The van der Waals surface area contributed by atoms with E-state index < -0.39 is 27.0 Å². The third-order valence-electron chi connectivity index (χ3n) is 8.83. The molecule has 0 aromatic heterocycles. The highest BCUT2D eigenvalue weighted by Gasteiger charge is 2.56. The maximum absolute atomic E-state index is 15.9. The summed E-state index contributed by atoms with van der Waals surface area (Å²) in [5, 5.41) is 10.6. The molecule has 3 rings (SSSR count). The number of halogens is 2. The molecule has 3 fully saturated rings. The van der Waals surface area contributed by atoms with Crippen LogP contribution in [0.4, 0.5) is 4.39 Å². The van der Waals surface area contributed by atoms with Gasteiger partial charge in [-0.05, 0) is 89.1 Å². The van der Waals surface area contributed by atoms with Crippen LogP contribution >= 0.6 is 11.6 Å². The molecule has 1 saturated heterocycles. The van der Waals surface area contributed by atoms with Crippen LogP contribution in [-0.2, 0) is 14.6 Å². The third-order valence-corrected chi connectivity index (χ3v) is 12.5. The number of ether oxygens (including phenoxy) is 1. The molecule has 1 N–H and O–H groups in total. The van der Waals surface area contributed by atoms with E-state index in [2.05, 4.69) is 20.8 Å². The molecule has 2 saturated carbocycles. The predicted molar refractivity (Wildman–Crippen MR) is 132 cm³/mol. The Morgan fingerprint density at radius 2 is 1.64 bits per heavy atom. The first-order chi connectivity index (χ1) is 15.3. The van der Waals surface area contributed by atoms with Crippen LogP contribution in [0.2, 0.25) is 0 Å². The zero-order valence-corrected chi connectivity index (χ0v) is 22.7. The normalized spacial score (nSPS) is 35.8. The standard InChI is InChI=1S/C25H45ClFNO4S/c1-24(2,3)22(23(29)28(4)5)20-11-6-17(16-21(20)27)25(12-14-32-15-13-25)33(30,31)19-9-7-18(26)8-10-19/h17-23,29H,6-16H2,1-5H3. The summed E-state index contributed by atoms with van der Waals surface area (Å²) in [5.41, 5.74) is -0.270. The van der Waals surface area contributed by atoms with Gasteiger partial charge in [-0.2, -0.15) is 0 Å². The molecule has 0 aromatic rings. The van der Waals surface area contributed by atoms with Gasteiger partial charge in [0, 0.05) is 24.5 Å². The van der Waals surface area contributed by atoms with Gasteiger partial charge in [-0.25, -0.2) is 12.8 Å². The van der Waals surface area contributed by atoms with Gasteiger partial charge in [0.1, 0.15) is 12.4 Å². The van der Waals surface area contributed by atoms with Gasteiger partial charge in [0.05, 0.1) is 10.00 Å². The fraction of sp³-hybridized carbons (Fsp3) is 1.00. The fourth-order valence-corrected chi connectivity index (χ4v) is 10.2. The van der Waals surface area contributed by atoms with Crippen molar-refractivity contribution in [2.45, 2.75) is 106 Å². The van der Waals surface area contributed by atoms with Gasteiger partial charge >= 0.3 is 0 Å². The van der Waals surface area contributed by atoms with Crippen molar-refractivity contribution >= 4 is 21.4 Å². The predicted octanol–water partition coefficient (Wildman–Crippen LogP) is 4.80. The summed E-state index contributed by atoms with van der Waals surface area (Å²) in [7, 11) is 0.190. The van der Waals surface area contributed by atoms with Gasteiger partial charge in [0.15, 0.2) is 9.84 Å². The van der Waals surface area contributed by atoms with Gasteiger partial charge in [-0.15, -0.1) is 11.6 Å². The van der Waals surface area contributed by atoms with Gasteiger partial charge in [0.2, 0.25) is 0 Å². The second-order valence-corrected chi connectivity index (χ2v) is 15.2. The zero-order chi connectivity index (χ0) is 24.6. The Labute approximate surface area is 205 Å². The summed E-state index contributed by atoms with van der Waals surface area (Å²) in [6.45, 7) is 7.01. The monoisotopic (exact) mass is 509 g/mol. The first-order valence-electron chi connectivity index (χ1n) is 12.7. The van der Waals surface area contributed by atoms with Crippen LogP contribution in [0.15, 0.2) is 0 Å². The first-order valence-corrected chi connectivity index (χ1v) is 14.7. The molecule has 5 nitrogen and oxygen atoms in total. The van der Waals surface area contributed by atoms with Crippen molar-refractivity contribution < 1.29 is 22.7 Å². The van der Waals surface area contributed by atoms with Crippen molar-refractivity contribution in [1.82, 2.24) is 4.90 Å². The Bertz CT molecular complexity index is 742. The van der Waals surface area contributed by atoms with E-state index in [0.717, 1.165) is 12.8 Å². The lowest BCUT2D eigenvalue weighted by Crippen LogP contribution is -2.57. The molecule has 0 bridgehead atoms. The largest absolute Gasteiger partial charge is 0.381 e. The van der Waals surface area contributed by atoms with Crippen molar-refractivity contribution in [3.8, 4) is 0 Å². The molecule has 1 heterocycles. The van der Waals surface area contributed by atoms with Crippen LogP contribution in [0.25, 0.3) is 0 Å². The molecule has 1 aliphatic heterocycles. The minimum atomic E-state index is -3.45. The Morgan fingerprint density at radius 1 is 1.06 bits per heavy atom. The van der Waals surface area contributed by atoms with E-state index in [1.807, 2.05) is 14.1 Å². The van der Waals surface area contributed by atoms with E-state index in [4.69, 9.17) is 16.3 Å². The summed E-state index contributed by atoms with van der Waals surface area (Å²) >= 11 is 6.26. The minimum absolute atomic E-state index is 0.0604. The average molecular weight is 510 g/mol. The molecule has 0 radical (unpaired) electrons. The summed E-state index contributed by atoms with van der Waals surface area (Å²) < 4.78 is 48.8. The topological polar surface area (TPSA) is 66.8 Å². The number of hydrogen-bond donors (Lipinski definition) is 1. The Morgan fingerprint density at radius 3 is 2.12 bits per heavy atom. The van der Waals surface area contributed by atoms with Gasteiger partial charge < -0.3 is 9.84 Å². The van der Waals surface area contributed by atoms with Crippen LogP contribution in [-0.4, -0.2) is 73.5 Å². The summed E-state index contributed by atoms with van der Waals surface area (Å²) in [5.74, 6) is -0.724. The Balaban J connectivity index is 1.85. The lowest BCUT2D eigenvalue weighted by molar-refractivity contribution is -0.103. The number of alkyl halides is 2. The van der Waals surface area contributed by atoms with E-state index >= 15 is 4.39 Å². The quantitative estimate of drug-likeness (QED) is 0.411. The SMILES string of the molecule is CN(C)C(O)C(C1CCC(C2(S(=O)(=O)C3CCC(Cl)CC3)CCOCC2)CC1F)C(C)(C)C. The van der Waals surface area contributed by atoms with Crippen molar-refractivity contribution in [2.24, 2.45) is 23.2 Å². The molecule has 0 spiro atoms. The summed E-state index contributed by atoms with van der Waals surface area (Å²) in [6, 6.07) is 0. The lowest BCUT2D eigenvalue weighted by Gasteiger charge is -2.51. The van der Waals surface area contributed by atoms with Crippen molar-refractivity contribution in [3.05, 3.63) is 0 Å². The molecular formula is C25H45ClFNO4S. The highest BCUT2D eigenvalue weighted by Crippen LogP contribution is 2.52. The third kappa shape index (κ3) is 5.58. The first kappa shape index (κ1) is 27.6. The maximum Gasteiger partial charge on any atom is 0.159 e. The van der Waals surface area contributed by atoms with Gasteiger partial charge in [-0.3, -0.25) is 4.90 Å². The van der Waals surface area contributed by atoms with E-state index in [9.17, 15) is 13.5 Å². The Hall–Kier alpha value is 0.0500. The van der Waals surface area contributed by atoms with Crippen LogP contribution in [0.1, 0.15) is 78.6 Å². The number of aliphatic hydroxyl groups is 1. The number of rotatable bonds is 6. The molecule has 3 aliphatic rings. The van der Waals surface area contributed by atoms with Crippen LogP contribution in [0, 0.1) is 23.2 Å². The summed E-state index contributed by atoms with van der Waals surface area (Å²) in [6.07, 6.45) is 3.26. The molecule has 0 amide bonds. The smallest absolute Gasteiger partial charge is 0.159 e. The van der Waals surface area contributed by atoms with E-state index in [1.54, 1.807) is 4.90 Å². The highest BCUT2D eigenvalue weighted by molar-refractivity contribution is 7.93. The van der Waals surface area contributed by atoms with Crippen molar-refractivity contribution in [2.75, 3.05) is 27.3 Å². The Kier molecular flexibility index (Phi) is 8.86. The van der Waals surface area contributed by atoms with Crippen LogP contribution in [0.3, 0.4) is 0 Å². The summed E-state index contributed by atoms with van der Waals surface area (Å²) in [4.78, 5) is 1.76. The molecular weight excluding hydrogens is 465 g/mol. The zero-order valence-electron chi connectivity index (χ0n) is 21.1. The van der Waals surface area contributed by atoms with E-state index in [-0.39, 0.29) is 40.2 Å². The van der Waals surface area contributed by atoms with E-state index in [0.29, 0.717) is 51.7 Å². The molecule has 0 aromatic carbocycles. The second kappa shape index (κ2) is 10.6. The van der Waals surface area contributed by atoms with Gasteiger partial charge in [0.25, 0.3) is 0 Å². The molecule has 8 heteroatoms. The highest BCUT2D eigenvalue weighted by atomic mass is 35.5. The van der Waals surface area contributed by atoms with Crippen LogP contribution < -0.4 is 0 Å².